The van der Waals surface area contributed by atoms with E-state index in [2.05, 4.69) is 5.32 Å². The van der Waals surface area contributed by atoms with Gasteiger partial charge in [-0.15, -0.1) is 0 Å². The molecule has 21 heavy (non-hydrogen) atoms. The van der Waals surface area contributed by atoms with Crippen LogP contribution < -0.4 is 5.32 Å². The molecule has 0 atom stereocenters. The number of nitrogens with one attached hydrogen (secondary N) is 1. The van der Waals surface area contributed by atoms with Crippen molar-refractivity contribution in [1.29, 1.82) is 0 Å². The third-order valence-corrected chi connectivity index (χ3v) is 4.00. The van der Waals surface area contributed by atoms with Crippen LogP contribution in [0.5, 0.6) is 0 Å². The van der Waals surface area contributed by atoms with Crippen LogP contribution in [0.3, 0.4) is 0 Å². The molecule has 4 nitrogen and oxygen atoms in total. The third-order valence-electron chi connectivity index (χ3n) is 3.16. The Kier molecular flexibility index (Phi) is 5.28. The monoisotopic (exact) mass is 326 g/mol. The number of aliphatic hydroxyl groups is 1. The highest BCUT2D eigenvalue weighted by Gasteiger charge is 2.15. The molecule has 0 aliphatic carbocycles. The molecule has 0 spiro atoms. The molecule has 0 fully saturated rings. The van der Waals surface area contributed by atoms with Crippen LogP contribution in [-0.4, -0.2) is 22.2 Å². The maximum atomic E-state index is 12.2. The summed E-state index contributed by atoms with van der Waals surface area (Å²) < 4.78 is 1.54. The van der Waals surface area contributed by atoms with Gasteiger partial charge in [0.2, 0.25) is 0 Å². The van der Waals surface area contributed by atoms with Gasteiger partial charge in [-0.3, -0.25) is 4.79 Å². The molecule has 1 amide bonds. The zero-order valence-electron chi connectivity index (χ0n) is 11.6. The van der Waals surface area contributed by atoms with Gasteiger partial charge in [-0.1, -0.05) is 35.3 Å². The number of benzene rings is 1. The average Bonchev–Trinajstić information content (AvgIpc) is 2.73. The Morgan fingerprint density at radius 3 is 2.71 bits per heavy atom. The maximum Gasteiger partial charge on any atom is 0.272 e. The van der Waals surface area contributed by atoms with Crippen molar-refractivity contribution in [3.05, 3.63) is 51.8 Å². The van der Waals surface area contributed by atoms with Gasteiger partial charge in [0, 0.05) is 19.3 Å². The van der Waals surface area contributed by atoms with E-state index in [1.54, 1.807) is 7.05 Å². The summed E-state index contributed by atoms with van der Waals surface area (Å²) in [6.45, 7) is 0.150. The lowest BCUT2D eigenvalue weighted by atomic mass is 10.1. The minimum absolute atomic E-state index is 0.150. The number of aromatic nitrogens is 1. The van der Waals surface area contributed by atoms with E-state index < -0.39 is 0 Å². The van der Waals surface area contributed by atoms with E-state index in [9.17, 15) is 4.79 Å². The van der Waals surface area contributed by atoms with Crippen LogP contribution in [0.4, 0.5) is 5.69 Å². The number of rotatable bonds is 5. The van der Waals surface area contributed by atoms with Crippen LogP contribution in [0.25, 0.3) is 0 Å². The van der Waals surface area contributed by atoms with Crippen LogP contribution >= 0.6 is 23.2 Å². The van der Waals surface area contributed by atoms with Gasteiger partial charge in [-0.25, -0.2) is 0 Å². The van der Waals surface area contributed by atoms with Gasteiger partial charge in [-0.2, -0.15) is 0 Å². The van der Waals surface area contributed by atoms with Crippen LogP contribution in [0.15, 0.2) is 30.3 Å². The second-order valence-corrected chi connectivity index (χ2v) is 5.47. The number of carbonyl (C=O) groups is 1. The van der Waals surface area contributed by atoms with Crippen molar-refractivity contribution >= 4 is 34.8 Å². The fourth-order valence-corrected chi connectivity index (χ4v) is 2.42. The number of halogens is 2. The molecule has 0 aliphatic rings. The Morgan fingerprint density at radius 2 is 2.10 bits per heavy atom. The molecule has 0 saturated carbocycles. The molecule has 0 aliphatic heterocycles. The largest absolute Gasteiger partial charge is 0.396 e. The summed E-state index contributed by atoms with van der Waals surface area (Å²) in [4.78, 5) is 12.2. The minimum atomic E-state index is -0.273. The Hall–Kier alpha value is -1.49. The highest BCUT2D eigenvalue weighted by atomic mass is 35.5. The van der Waals surface area contributed by atoms with Gasteiger partial charge in [-0.05, 0) is 36.6 Å². The second-order valence-electron chi connectivity index (χ2n) is 4.71. The van der Waals surface area contributed by atoms with E-state index in [4.69, 9.17) is 28.3 Å². The normalized spacial score (nSPS) is 10.7. The first-order valence-corrected chi connectivity index (χ1v) is 7.30. The molecule has 0 radical (unpaired) electrons. The number of hydrogen-bond donors (Lipinski definition) is 2. The summed E-state index contributed by atoms with van der Waals surface area (Å²) in [5.74, 6) is -0.273. The predicted octanol–water partition coefficient (Wildman–Crippen LogP) is 3.51. The molecular formula is C15H16Cl2N2O2. The molecule has 6 heteroatoms. The van der Waals surface area contributed by atoms with Gasteiger partial charge >= 0.3 is 0 Å². The van der Waals surface area contributed by atoms with Crippen LogP contribution in [0, 0.1) is 0 Å². The van der Waals surface area contributed by atoms with Crippen molar-refractivity contribution in [1.82, 2.24) is 4.57 Å². The zero-order chi connectivity index (χ0) is 15.4. The number of anilines is 1. The molecule has 0 bridgehead atoms. The Labute approximate surface area is 133 Å². The summed E-state index contributed by atoms with van der Waals surface area (Å²) >= 11 is 11.9. The van der Waals surface area contributed by atoms with Crippen molar-refractivity contribution in [2.75, 3.05) is 11.9 Å². The molecule has 2 rings (SSSR count). The van der Waals surface area contributed by atoms with Crippen LogP contribution in [-0.2, 0) is 13.5 Å². The summed E-state index contributed by atoms with van der Waals surface area (Å²) in [5.41, 5.74) is 2.15. The molecule has 2 N–H and O–H groups in total. The number of amides is 1. The Morgan fingerprint density at radius 1 is 1.33 bits per heavy atom. The van der Waals surface area contributed by atoms with Gasteiger partial charge in [0.1, 0.15) is 10.8 Å². The Balaban J connectivity index is 2.14. The van der Waals surface area contributed by atoms with Crippen molar-refractivity contribution < 1.29 is 9.90 Å². The molecule has 1 heterocycles. The van der Waals surface area contributed by atoms with Crippen molar-refractivity contribution in [2.45, 2.75) is 12.8 Å². The number of nitrogens with zero attached hydrogens (tertiary/aromatic N) is 1. The quantitative estimate of drug-likeness (QED) is 0.883. The second kappa shape index (κ2) is 6.98. The first-order chi connectivity index (χ1) is 10.0. The van der Waals surface area contributed by atoms with E-state index in [1.165, 1.54) is 10.6 Å². The van der Waals surface area contributed by atoms with E-state index in [-0.39, 0.29) is 12.5 Å². The average molecular weight is 327 g/mol. The lowest BCUT2D eigenvalue weighted by molar-refractivity contribution is 0.101. The molecule has 1 aromatic heterocycles. The molecule has 112 valence electrons. The van der Waals surface area contributed by atoms with Crippen molar-refractivity contribution in [3.63, 3.8) is 0 Å². The van der Waals surface area contributed by atoms with Gasteiger partial charge in [0.25, 0.3) is 5.91 Å². The molecule has 2 aromatic rings. The third kappa shape index (κ3) is 3.79. The lowest BCUT2D eigenvalue weighted by Gasteiger charge is -2.08. The summed E-state index contributed by atoms with van der Waals surface area (Å²) in [5, 5.41) is 12.3. The number of aliphatic hydroxyl groups excluding tert-OH is 1. The van der Waals surface area contributed by atoms with E-state index in [0.29, 0.717) is 28.0 Å². The van der Waals surface area contributed by atoms with Crippen LogP contribution in [0.2, 0.25) is 10.2 Å². The first kappa shape index (κ1) is 15.9. The van der Waals surface area contributed by atoms with Crippen LogP contribution in [0.1, 0.15) is 22.5 Å². The fourth-order valence-electron chi connectivity index (χ4n) is 2.04. The molecule has 0 saturated heterocycles. The lowest BCUT2D eigenvalue weighted by Crippen LogP contribution is -2.15. The minimum Gasteiger partial charge on any atom is -0.396 e. The van der Waals surface area contributed by atoms with Crippen molar-refractivity contribution in [3.8, 4) is 0 Å². The fraction of sp³-hybridized carbons (Fsp3) is 0.267. The van der Waals surface area contributed by atoms with Gasteiger partial charge < -0.3 is 15.0 Å². The maximum absolute atomic E-state index is 12.2. The van der Waals surface area contributed by atoms with E-state index in [0.717, 1.165) is 12.0 Å². The first-order valence-electron chi connectivity index (χ1n) is 6.55. The highest BCUT2D eigenvalue weighted by Crippen LogP contribution is 2.25. The number of carbonyl (C=O) groups excluding carboxylic acids is 1. The SMILES string of the molecule is Cn1c(C(=O)Nc2cccc(CCCO)c2)cc(Cl)c1Cl. The Bertz CT molecular complexity index is 653. The molecule has 0 unspecified atom stereocenters. The van der Waals surface area contributed by atoms with Crippen molar-refractivity contribution in [2.24, 2.45) is 7.05 Å². The molecular weight excluding hydrogens is 311 g/mol. The standard InChI is InChI=1S/C15H16Cl2N2O2/c1-19-13(9-12(16)14(19)17)15(21)18-11-6-2-4-10(8-11)5-3-7-20/h2,4,6,8-9,20H,3,5,7H2,1H3,(H,18,21). The van der Waals surface area contributed by atoms with Gasteiger partial charge in [0.05, 0.1) is 5.02 Å². The highest BCUT2D eigenvalue weighted by molar-refractivity contribution is 6.42. The van der Waals surface area contributed by atoms with Gasteiger partial charge in [0.15, 0.2) is 0 Å². The number of aryl methyl sites for hydroxylation is 1. The summed E-state index contributed by atoms with van der Waals surface area (Å²) in [7, 11) is 1.68. The number of hydrogen-bond acceptors (Lipinski definition) is 2. The predicted molar refractivity (Wildman–Crippen MR) is 85.2 cm³/mol. The van der Waals surface area contributed by atoms with E-state index in [1.807, 2.05) is 24.3 Å². The summed E-state index contributed by atoms with van der Waals surface area (Å²) in [6.07, 6.45) is 1.46. The molecule has 1 aromatic carbocycles. The zero-order valence-corrected chi connectivity index (χ0v) is 13.1. The summed E-state index contributed by atoms with van der Waals surface area (Å²) in [6, 6.07) is 9.07. The topological polar surface area (TPSA) is 54.3 Å². The van der Waals surface area contributed by atoms with E-state index >= 15 is 0 Å². The smallest absolute Gasteiger partial charge is 0.272 e.